The van der Waals surface area contributed by atoms with Gasteiger partial charge in [-0.25, -0.2) is 0 Å². The van der Waals surface area contributed by atoms with Crippen LogP contribution >= 0.6 is 0 Å². The van der Waals surface area contributed by atoms with E-state index >= 15 is 0 Å². The summed E-state index contributed by atoms with van der Waals surface area (Å²) in [5.41, 5.74) is 0.337. The van der Waals surface area contributed by atoms with Crippen LogP contribution in [0.3, 0.4) is 0 Å². The van der Waals surface area contributed by atoms with Gasteiger partial charge in [0.05, 0.1) is 19.2 Å². The Morgan fingerprint density at radius 2 is 1.82 bits per heavy atom. The summed E-state index contributed by atoms with van der Waals surface area (Å²) >= 11 is 0. The van der Waals surface area contributed by atoms with Gasteiger partial charge in [-0.3, -0.25) is 0 Å². The molecule has 0 N–H and O–H groups in total. The van der Waals surface area contributed by atoms with Crippen LogP contribution in [0.2, 0.25) is 0 Å². The van der Waals surface area contributed by atoms with E-state index in [4.69, 9.17) is 15.3 Å². The number of rotatable bonds is 4. The van der Waals surface area contributed by atoms with Crippen molar-refractivity contribution < 1.29 is 4.74 Å². The molecule has 0 heterocycles. The van der Waals surface area contributed by atoms with Gasteiger partial charge in [0.2, 0.25) is 0 Å². The van der Waals surface area contributed by atoms with Crippen molar-refractivity contribution in [2.24, 2.45) is 5.41 Å². The summed E-state index contributed by atoms with van der Waals surface area (Å²) in [5.74, 6) is 0.753. The Kier molecular flexibility index (Phi) is 3.91. The van der Waals surface area contributed by atoms with E-state index in [1.165, 1.54) is 0 Å². The van der Waals surface area contributed by atoms with Crippen LogP contribution < -0.4 is 4.74 Å². The molecule has 1 aromatic carbocycles. The fourth-order valence-electron chi connectivity index (χ4n) is 1.50. The summed E-state index contributed by atoms with van der Waals surface area (Å²) in [5, 5.41) is 18.3. The number of methoxy groups -OCH3 is 1. The van der Waals surface area contributed by atoms with Gasteiger partial charge in [-0.05, 0) is 30.2 Å². The van der Waals surface area contributed by atoms with Crippen molar-refractivity contribution in [1.29, 1.82) is 10.5 Å². The third kappa shape index (κ3) is 2.65. The molecular formula is C14H14N2O. The van der Waals surface area contributed by atoms with Crippen LogP contribution in [0.5, 0.6) is 5.75 Å². The molecule has 1 aromatic rings. The highest BCUT2D eigenvalue weighted by atomic mass is 16.5. The van der Waals surface area contributed by atoms with Crippen LogP contribution in [0.25, 0.3) is 0 Å². The largest absolute Gasteiger partial charge is 0.497 e. The lowest BCUT2D eigenvalue weighted by molar-refractivity contribution is 0.414. The Bertz CT molecular complexity index is 474. The van der Waals surface area contributed by atoms with E-state index < -0.39 is 5.41 Å². The first kappa shape index (κ1) is 12.8. The minimum absolute atomic E-state index is 0.347. The number of ether oxygens (including phenoxy) is 1. The van der Waals surface area contributed by atoms with E-state index in [-0.39, 0.29) is 0 Å². The predicted octanol–water partition coefficient (Wildman–Crippen LogP) is 2.85. The molecule has 0 fully saturated rings. The smallest absolute Gasteiger partial charge is 0.168 e. The van der Waals surface area contributed by atoms with Crippen LogP contribution in [0.4, 0.5) is 0 Å². The van der Waals surface area contributed by atoms with Crippen molar-refractivity contribution in [3.05, 3.63) is 42.0 Å². The molecule has 0 radical (unpaired) electrons. The number of benzene rings is 1. The van der Waals surface area contributed by atoms with E-state index in [2.05, 4.69) is 6.58 Å². The van der Waals surface area contributed by atoms with Crippen molar-refractivity contribution in [3.63, 3.8) is 0 Å². The Morgan fingerprint density at radius 1 is 1.29 bits per heavy atom. The van der Waals surface area contributed by atoms with E-state index in [0.29, 0.717) is 12.0 Å². The fourth-order valence-corrected chi connectivity index (χ4v) is 1.50. The number of hydrogen-bond acceptors (Lipinski definition) is 3. The van der Waals surface area contributed by atoms with Gasteiger partial charge in [-0.2, -0.15) is 10.5 Å². The van der Waals surface area contributed by atoms with Gasteiger partial charge < -0.3 is 4.74 Å². The number of nitrogens with zero attached hydrogens (tertiary/aromatic N) is 2. The van der Waals surface area contributed by atoms with Crippen molar-refractivity contribution >= 4 is 0 Å². The van der Waals surface area contributed by atoms with Crippen molar-refractivity contribution in [2.75, 3.05) is 7.11 Å². The Labute approximate surface area is 102 Å². The van der Waals surface area contributed by atoms with Crippen LogP contribution in [-0.4, -0.2) is 7.11 Å². The molecule has 0 atom stereocenters. The second kappa shape index (κ2) is 5.18. The normalized spacial score (nSPS) is 10.1. The highest BCUT2D eigenvalue weighted by Crippen LogP contribution is 2.29. The van der Waals surface area contributed by atoms with Gasteiger partial charge in [0.15, 0.2) is 5.41 Å². The Balaban J connectivity index is 3.00. The standard InChI is InChI=1S/C14H14N2O/c1-11(2)14(9-15,10-16)8-12-4-6-13(17-3)7-5-12/h4-7H,1,8H2,2-3H3. The summed E-state index contributed by atoms with van der Waals surface area (Å²) in [6.45, 7) is 5.43. The van der Waals surface area contributed by atoms with Gasteiger partial charge in [-0.1, -0.05) is 18.7 Å². The van der Waals surface area contributed by atoms with E-state index in [1.807, 2.05) is 36.4 Å². The minimum atomic E-state index is -1.14. The summed E-state index contributed by atoms with van der Waals surface area (Å²) in [4.78, 5) is 0. The molecular weight excluding hydrogens is 212 g/mol. The molecule has 0 saturated carbocycles. The average molecular weight is 226 g/mol. The molecule has 1 rings (SSSR count). The number of allylic oxidation sites excluding steroid dienone is 1. The molecule has 86 valence electrons. The second-order valence-corrected chi connectivity index (χ2v) is 3.93. The Hall–Kier alpha value is -2.26. The summed E-state index contributed by atoms with van der Waals surface area (Å²) < 4.78 is 5.05. The van der Waals surface area contributed by atoms with Gasteiger partial charge in [0.25, 0.3) is 0 Å². The first-order valence-corrected chi connectivity index (χ1v) is 5.19. The SMILES string of the molecule is C=C(C)C(C#N)(C#N)Cc1ccc(OC)cc1. The average Bonchev–Trinajstić information content (AvgIpc) is 2.36. The molecule has 17 heavy (non-hydrogen) atoms. The molecule has 3 heteroatoms. The van der Waals surface area contributed by atoms with Crippen LogP contribution in [0, 0.1) is 28.1 Å². The fraction of sp³-hybridized carbons (Fsp3) is 0.286. The van der Waals surface area contributed by atoms with Gasteiger partial charge in [-0.15, -0.1) is 0 Å². The topological polar surface area (TPSA) is 56.8 Å². The minimum Gasteiger partial charge on any atom is -0.497 e. The molecule has 0 aliphatic rings. The van der Waals surface area contributed by atoms with Crippen molar-refractivity contribution in [3.8, 4) is 17.9 Å². The van der Waals surface area contributed by atoms with E-state index in [0.717, 1.165) is 11.3 Å². The first-order chi connectivity index (χ1) is 8.07. The third-order valence-electron chi connectivity index (χ3n) is 2.74. The molecule has 0 aliphatic heterocycles. The van der Waals surface area contributed by atoms with Gasteiger partial charge in [0.1, 0.15) is 5.75 Å². The highest BCUT2D eigenvalue weighted by Gasteiger charge is 2.31. The predicted molar refractivity (Wildman–Crippen MR) is 65.2 cm³/mol. The van der Waals surface area contributed by atoms with Gasteiger partial charge in [0, 0.05) is 6.42 Å². The van der Waals surface area contributed by atoms with Crippen LogP contribution in [-0.2, 0) is 6.42 Å². The number of nitriles is 2. The quantitative estimate of drug-likeness (QED) is 0.742. The lowest BCUT2D eigenvalue weighted by atomic mass is 9.79. The molecule has 0 aliphatic carbocycles. The summed E-state index contributed by atoms with van der Waals surface area (Å²) in [7, 11) is 1.59. The summed E-state index contributed by atoms with van der Waals surface area (Å²) in [6, 6.07) is 11.4. The van der Waals surface area contributed by atoms with Crippen molar-refractivity contribution in [2.45, 2.75) is 13.3 Å². The van der Waals surface area contributed by atoms with Gasteiger partial charge >= 0.3 is 0 Å². The summed E-state index contributed by atoms with van der Waals surface area (Å²) in [6.07, 6.45) is 0.347. The molecule has 3 nitrogen and oxygen atoms in total. The number of hydrogen-bond donors (Lipinski definition) is 0. The van der Waals surface area contributed by atoms with Crippen molar-refractivity contribution in [1.82, 2.24) is 0 Å². The molecule has 0 bridgehead atoms. The molecule has 0 aromatic heterocycles. The monoisotopic (exact) mass is 226 g/mol. The maximum absolute atomic E-state index is 9.15. The first-order valence-electron chi connectivity index (χ1n) is 5.19. The molecule has 0 spiro atoms. The third-order valence-corrected chi connectivity index (χ3v) is 2.74. The zero-order chi connectivity index (χ0) is 12.9. The maximum Gasteiger partial charge on any atom is 0.168 e. The van der Waals surface area contributed by atoms with E-state index in [9.17, 15) is 0 Å². The zero-order valence-electron chi connectivity index (χ0n) is 10.0. The second-order valence-electron chi connectivity index (χ2n) is 3.93. The molecule has 0 amide bonds. The van der Waals surface area contributed by atoms with E-state index in [1.54, 1.807) is 14.0 Å². The lowest BCUT2D eigenvalue weighted by Crippen LogP contribution is -2.20. The highest BCUT2D eigenvalue weighted by molar-refractivity contribution is 5.36. The molecule has 0 saturated heterocycles. The maximum atomic E-state index is 9.15. The van der Waals surface area contributed by atoms with Crippen LogP contribution in [0.15, 0.2) is 36.4 Å². The lowest BCUT2D eigenvalue weighted by Gasteiger charge is -2.18. The molecule has 0 unspecified atom stereocenters. The Morgan fingerprint density at radius 3 is 2.18 bits per heavy atom. The zero-order valence-corrected chi connectivity index (χ0v) is 10.0. The van der Waals surface area contributed by atoms with Crippen LogP contribution in [0.1, 0.15) is 12.5 Å².